The highest BCUT2D eigenvalue weighted by Crippen LogP contribution is 2.47. The summed E-state index contributed by atoms with van der Waals surface area (Å²) in [6.45, 7) is 1.84. The monoisotopic (exact) mass is 493 g/mol. The van der Waals surface area contributed by atoms with Crippen molar-refractivity contribution in [1.29, 1.82) is 0 Å². The van der Waals surface area contributed by atoms with Gasteiger partial charge in [-0.25, -0.2) is 4.79 Å². The van der Waals surface area contributed by atoms with Crippen LogP contribution in [-0.4, -0.2) is 44.7 Å². The molecule has 3 heterocycles. The summed E-state index contributed by atoms with van der Waals surface area (Å²) >= 11 is 0. The maximum atomic E-state index is 13.8. The maximum absolute atomic E-state index is 13.8. The summed E-state index contributed by atoms with van der Waals surface area (Å²) in [7, 11) is 0. The minimum atomic E-state index is -0.454. The van der Waals surface area contributed by atoms with Crippen LogP contribution in [0.1, 0.15) is 83.6 Å². The van der Waals surface area contributed by atoms with Gasteiger partial charge in [-0.2, -0.15) is 0 Å². The number of benzene rings is 1. The molecule has 2 aliphatic carbocycles. The van der Waals surface area contributed by atoms with E-state index in [4.69, 9.17) is 4.74 Å². The first-order valence-corrected chi connectivity index (χ1v) is 14.2. The first kappa shape index (κ1) is 24.0. The van der Waals surface area contributed by atoms with Gasteiger partial charge in [-0.05, 0) is 75.8 Å². The predicted octanol–water partition coefficient (Wildman–Crippen LogP) is 4.25. The number of piperidine rings is 2. The molecule has 2 aromatic rings. The van der Waals surface area contributed by atoms with E-state index in [0.717, 1.165) is 37.5 Å². The summed E-state index contributed by atoms with van der Waals surface area (Å²) in [4.78, 5) is 42.7. The Hall–Kier alpha value is -2.41. The fourth-order valence-corrected chi connectivity index (χ4v) is 8.29. The Bertz CT molecular complexity index is 1220. The van der Waals surface area contributed by atoms with Crippen LogP contribution in [0.5, 0.6) is 0 Å². The van der Waals surface area contributed by atoms with Crippen molar-refractivity contribution in [1.82, 2.24) is 14.0 Å². The molecular weight excluding hydrogens is 454 g/mol. The van der Waals surface area contributed by atoms with E-state index in [1.165, 1.54) is 54.1 Å². The molecule has 7 heteroatoms. The van der Waals surface area contributed by atoms with Crippen LogP contribution in [0.2, 0.25) is 0 Å². The lowest BCUT2D eigenvalue weighted by molar-refractivity contribution is -0.143. The number of para-hydroxylation sites is 1. The maximum Gasteiger partial charge on any atom is 0.332 e. The first-order valence-electron chi connectivity index (χ1n) is 14.2. The van der Waals surface area contributed by atoms with E-state index in [9.17, 15) is 14.4 Å². The summed E-state index contributed by atoms with van der Waals surface area (Å²) in [5, 5.41) is 0.495. The Morgan fingerprint density at radius 3 is 2.22 bits per heavy atom. The van der Waals surface area contributed by atoms with Gasteiger partial charge in [0.15, 0.2) is 0 Å². The lowest BCUT2D eigenvalue weighted by Gasteiger charge is -2.55. The van der Waals surface area contributed by atoms with Crippen molar-refractivity contribution in [2.75, 3.05) is 6.61 Å². The fourth-order valence-electron chi connectivity index (χ4n) is 8.29. The minimum absolute atomic E-state index is 0.127. The fraction of sp³-hybridized carbons (Fsp3) is 0.690. The molecule has 0 amide bonds. The zero-order chi connectivity index (χ0) is 24.8. The van der Waals surface area contributed by atoms with Crippen LogP contribution in [0.3, 0.4) is 0 Å². The van der Waals surface area contributed by atoms with E-state index in [1.54, 1.807) is 25.1 Å². The normalized spacial score (nSPS) is 32.4. The molecule has 4 atom stereocenters. The second-order valence-electron chi connectivity index (χ2n) is 11.7. The molecule has 0 N–H and O–H groups in total. The summed E-state index contributed by atoms with van der Waals surface area (Å²) in [6.07, 6.45) is 13.5. The van der Waals surface area contributed by atoms with Gasteiger partial charge < -0.3 is 4.74 Å². The average Bonchev–Trinajstić information content (AvgIpc) is 2.86. The molecule has 194 valence electrons. The van der Waals surface area contributed by atoms with E-state index >= 15 is 0 Å². The molecule has 1 aromatic carbocycles. The molecule has 7 nitrogen and oxygen atoms in total. The highest BCUT2D eigenvalue weighted by Gasteiger charge is 2.45. The van der Waals surface area contributed by atoms with Crippen LogP contribution in [0.25, 0.3) is 10.9 Å². The van der Waals surface area contributed by atoms with Crippen molar-refractivity contribution >= 4 is 16.9 Å². The molecule has 4 aliphatic rings. The number of esters is 1. The molecule has 1 aromatic heterocycles. The summed E-state index contributed by atoms with van der Waals surface area (Å²) in [5.41, 5.74) is -0.0990. The molecule has 4 bridgehead atoms. The number of rotatable bonds is 5. The summed E-state index contributed by atoms with van der Waals surface area (Å²) < 4.78 is 8.08. The minimum Gasteiger partial charge on any atom is -0.465 e. The molecule has 6 rings (SSSR count). The zero-order valence-electron chi connectivity index (χ0n) is 21.4. The van der Waals surface area contributed by atoms with Crippen molar-refractivity contribution in [2.45, 2.75) is 108 Å². The third kappa shape index (κ3) is 4.23. The molecule has 36 heavy (non-hydrogen) atoms. The Morgan fingerprint density at radius 2 is 1.53 bits per heavy atom. The topological polar surface area (TPSA) is 73.5 Å². The van der Waals surface area contributed by atoms with Crippen LogP contribution in [0, 0.1) is 11.8 Å². The van der Waals surface area contributed by atoms with E-state index in [2.05, 4.69) is 4.90 Å². The molecule has 0 spiro atoms. The van der Waals surface area contributed by atoms with E-state index in [0.29, 0.717) is 29.0 Å². The second kappa shape index (κ2) is 9.81. The molecule has 2 aliphatic heterocycles. The molecular formula is C29H39N3O4. The highest BCUT2D eigenvalue weighted by molar-refractivity contribution is 5.80. The van der Waals surface area contributed by atoms with Gasteiger partial charge in [-0.1, -0.05) is 37.8 Å². The zero-order valence-corrected chi connectivity index (χ0v) is 21.4. The van der Waals surface area contributed by atoms with Crippen molar-refractivity contribution in [2.24, 2.45) is 11.8 Å². The van der Waals surface area contributed by atoms with E-state index in [-0.39, 0.29) is 30.4 Å². The van der Waals surface area contributed by atoms with Gasteiger partial charge >= 0.3 is 11.7 Å². The van der Waals surface area contributed by atoms with Crippen LogP contribution >= 0.6 is 0 Å². The van der Waals surface area contributed by atoms with Crippen molar-refractivity contribution in [3.05, 3.63) is 45.1 Å². The molecule has 4 fully saturated rings. The predicted molar refractivity (Wildman–Crippen MR) is 139 cm³/mol. The number of aromatic nitrogens is 2. The van der Waals surface area contributed by atoms with Gasteiger partial charge in [0.2, 0.25) is 0 Å². The van der Waals surface area contributed by atoms with Gasteiger partial charge in [0.05, 0.1) is 17.5 Å². The number of hydrogen-bond donors (Lipinski definition) is 0. The van der Waals surface area contributed by atoms with Crippen molar-refractivity contribution in [3.63, 3.8) is 0 Å². The third-order valence-corrected chi connectivity index (χ3v) is 9.57. The number of carbonyl (C=O) groups is 1. The second-order valence-corrected chi connectivity index (χ2v) is 11.7. The number of fused-ring (bicyclic) bond motifs is 5. The molecule has 0 unspecified atom stereocenters. The van der Waals surface area contributed by atoms with Gasteiger partial charge in [0, 0.05) is 24.2 Å². The highest BCUT2D eigenvalue weighted by atomic mass is 16.5. The summed E-state index contributed by atoms with van der Waals surface area (Å²) in [6, 6.07) is 8.55. The molecule has 2 saturated carbocycles. The van der Waals surface area contributed by atoms with E-state index < -0.39 is 5.97 Å². The molecule has 0 radical (unpaired) electrons. The number of nitrogens with zero attached hydrogens (tertiary/aromatic N) is 3. The Balaban J connectivity index is 1.34. The number of carbonyl (C=O) groups excluding carboxylic acids is 1. The van der Waals surface area contributed by atoms with E-state index in [1.807, 2.05) is 6.07 Å². The Kier molecular flexibility index (Phi) is 6.53. The van der Waals surface area contributed by atoms with Crippen LogP contribution < -0.4 is 11.2 Å². The van der Waals surface area contributed by atoms with Crippen LogP contribution in [0.15, 0.2) is 33.9 Å². The van der Waals surface area contributed by atoms with Crippen LogP contribution in [0.4, 0.5) is 0 Å². The van der Waals surface area contributed by atoms with Crippen LogP contribution in [-0.2, 0) is 16.1 Å². The first-order chi connectivity index (χ1) is 17.5. The SMILES string of the molecule is CCOC(=O)Cn1c(=O)n(C2C[C@@H]3CCC[C@@H](C2)N3C2C[C@@H]3CCC[C@@H](C2)C3)c(=O)c2ccccc21. The molecule has 2 saturated heterocycles. The van der Waals surface area contributed by atoms with Crippen molar-refractivity contribution in [3.8, 4) is 0 Å². The standard InChI is InChI=1S/C29H39N3O4/c1-2-36-27(33)18-30-26-12-4-3-11-25(26)28(34)32(29(30)35)24-16-21-9-6-10-22(17-24)31(21)23-14-19-7-5-8-20(13-19)15-23/h3-4,11-12,19-24H,2,5-10,13-18H2,1H3/t19-,20-,21+,22+/m1/s1. The Labute approximate surface area is 212 Å². The Morgan fingerprint density at radius 1 is 0.861 bits per heavy atom. The average molecular weight is 494 g/mol. The summed E-state index contributed by atoms with van der Waals surface area (Å²) in [5.74, 6) is 1.32. The van der Waals surface area contributed by atoms with Gasteiger partial charge in [-0.15, -0.1) is 0 Å². The lowest BCUT2D eigenvalue weighted by Crippen LogP contribution is -2.59. The largest absolute Gasteiger partial charge is 0.465 e. The third-order valence-electron chi connectivity index (χ3n) is 9.57. The number of hydrogen-bond acceptors (Lipinski definition) is 5. The van der Waals surface area contributed by atoms with Gasteiger partial charge in [0.25, 0.3) is 5.56 Å². The quantitative estimate of drug-likeness (QED) is 0.582. The van der Waals surface area contributed by atoms with Crippen molar-refractivity contribution < 1.29 is 9.53 Å². The van der Waals surface area contributed by atoms with Gasteiger partial charge in [0.1, 0.15) is 6.54 Å². The lowest BCUT2D eigenvalue weighted by atomic mass is 9.68. The van der Waals surface area contributed by atoms with Gasteiger partial charge in [-0.3, -0.25) is 23.6 Å². The smallest absolute Gasteiger partial charge is 0.332 e. The number of ether oxygens (including phenoxy) is 1.